The molecule has 1 aromatic carbocycles. The molecule has 1 aromatic rings. The second-order valence-corrected chi connectivity index (χ2v) is 5.33. The maximum atomic E-state index is 12.7. The summed E-state index contributed by atoms with van der Waals surface area (Å²) in [6.07, 6.45) is -5.75. The van der Waals surface area contributed by atoms with E-state index in [1.54, 1.807) is 24.3 Å². The first kappa shape index (κ1) is 15.9. The van der Waals surface area contributed by atoms with Gasteiger partial charge in [-0.2, -0.15) is 13.2 Å². The normalized spacial score (nSPS) is 18.4. The summed E-state index contributed by atoms with van der Waals surface area (Å²) in [5.74, 6) is 0. The molecule has 4 nitrogen and oxygen atoms in total. The molecular weight excluding hydrogens is 309 g/mol. The van der Waals surface area contributed by atoms with Gasteiger partial charge in [0.2, 0.25) is 0 Å². The Hall–Kier alpha value is -1.47. The number of rotatable bonds is 1. The molecule has 2 amide bonds. The zero-order chi connectivity index (χ0) is 15.7. The predicted octanol–water partition coefficient (Wildman–Crippen LogP) is 3.26. The molecule has 1 fully saturated rings. The van der Waals surface area contributed by atoms with E-state index >= 15 is 0 Å². The number of halogens is 4. The number of benzene rings is 1. The number of urea groups is 1. The van der Waals surface area contributed by atoms with Crippen molar-refractivity contribution in [2.45, 2.75) is 24.6 Å². The van der Waals surface area contributed by atoms with Gasteiger partial charge in [0.15, 0.2) is 5.60 Å². The highest BCUT2D eigenvalue weighted by Crippen LogP contribution is 2.38. The minimum Gasteiger partial charge on any atom is -0.380 e. The minimum absolute atomic E-state index is 0.174. The van der Waals surface area contributed by atoms with E-state index in [1.807, 2.05) is 0 Å². The number of nitrogens with zero attached hydrogens (tertiary/aromatic N) is 1. The number of likely N-dealkylation sites (tertiary alicyclic amines) is 1. The first-order valence-corrected chi connectivity index (χ1v) is 6.70. The van der Waals surface area contributed by atoms with Crippen molar-refractivity contribution in [3.63, 3.8) is 0 Å². The summed E-state index contributed by atoms with van der Waals surface area (Å²) in [6.45, 7) is -0.349. The van der Waals surface area contributed by atoms with E-state index in [9.17, 15) is 23.1 Å². The Morgan fingerprint density at radius 3 is 2.38 bits per heavy atom. The van der Waals surface area contributed by atoms with Gasteiger partial charge in [-0.05, 0) is 12.1 Å². The van der Waals surface area contributed by atoms with Gasteiger partial charge in [0, 0.05) is 25.9 Å². The Kier molecular flexibility index (Phi) is 4.34. The fraction of sp³-hybridized carbons (Fsp3) is 0.462. The van der Waals surface area contributed by atoms with Gasteiger partial charge >= 0.3 is 12.2 Å². The molecule has 1 saturated heterocycles. The number of hydrogen-bond acceptors (Lipinski definition) is 2. The van der Waals surface area contributed by atoms with E-state index in [-0.39, 0.29) is 13.1 Å². The van der Waals surface area contributed by atoms with Crippen LogP contribution in [-0.4, -0.2) is 40.9 Å². The highest BCUT2D eigenvalue weighted by molar-refractivity contribution is 6.33. The number of alkyl halides is 3. The average molecular weight is 323 g/mol. The molecule has 0 saturated carbocycles. The van der Waals surface area contributed by atoms with Crippen molar-refractivity contribution in [2.75, 3.05) is 18.4 Å². The zero-order valence-corrected chi connectivity index (χ0v) is 11.7. The first-order valence-electron chi connectivity index (χ1n) is 6.32. The van der Waals surface area contributed by atoms with Crippen molar-refractivity contribution in [1.82, 2.24) is 4.90 Å². The molecule has 2 N–H and O–H groups in total. The van der Waals surface area contributed by atoms with Crippen molar-refractivity contribution < 1.29 is 23.1 Å². The maximum Gasteiger partial charge on any atom is 0.417 e. The Balaban J connectivity index is 1.97. The molecule has 0 spiro atoms. The number of amides is 2. The fourth-order valence-electron chi connectivity index (χ4n) is 2.12. The van der Waals surface area contributed by atoms with Gasteiger partial charge in [-0.15, -0.1) is 0 Å². The lowest BCUT2D eigenvalue weighted by atomic mass is 9.91. The maximum absolute atomic E-state index is 12.7. The number of aliphatic hydroxyl groups is 1. The van der Waals surface area contributed by atoms with Gasteiger partial charge < -0.3 is 15.3 Å². The van der Waals surface area contributed by atoms with Gasteiger partial charge in [-0.3, -0.25) is 0 Å². The number of hydrogen-bond donors (Lipinski definition) is 2. The Morgan fingerprint density at radius 2 is 1.86 bits per heavy atom. The van der Waals surface area contributed by atoms with Crippen molar-refractivity contribution in [3.8, 4) is 0 Å². The van der Waals surface area contributed by atoms with Crippen LogP contribution in [0.15, 0.2) is 24.3 Å². The number of para-hydroxylation sites is 1. The number of piperidine rings is 1. The largest absolute Gasteiger partial charge is 0.417 e. The molecule has 116 valence electrons. The van der Waals surface area contributed by atoms with Gasteiger partial charge in [0.25, 0.3) is 0 Å². The van der Waals surface area contributed by atoms with Crippen LogP contribution in [0, 0.1) is 0 Å². The van der Waals surface area contributed by atoms with Gasteiger partial charge in [-0.1, -0.05) is 23.7 Å². The molecule has 21 heavy (non-hydrogen) atoms. The van der Waals surface area contributed by atoms with Crippen LogP contribution in [-0.2, 0) is 0 Å². The highest BCUT2D eigenvalue weighted by atomic mass is 35.5. The number of carbonyl (C=O) groups is 1. The van der Waals surface area contributed by atoms with Crippen LogP contribution in [0.5, 0.6) is 0 Å². The molecule has 0 atom stereocenters. The van der Waals surface area contributed by atoms with Crippen molar-refractivity contribution >= 4 is 23.3 Å². The number of carbonyl (C=O) groups excluding carboxylic acids is 1. The van der Waals surface area contributed by atoms with E-state index < -0.39 is 30.7 Å². The first-order chi connectivity index (χ1) is 9.73. The van der Waals surface area contributed by atoms with Crippen LogP contribution in [0.2, 0.25) is 5.02 Å². The SMILES string of the molecule is O=C(Nc1ccccc1Cl)N1CCC(O)(C(F)(F)F)CC1. The Morgan fingerprint density at radius 1 is 1.29 bits per heavy atom. The molecule has 2 rings (SSSR count). The molecular formula is C13H14ClF3N2O2. The molecule has 0 aromatic heterocycles. The van der Waals surface area contributed by atoms with E-state index in [1.165, 1.54) is 4.90 Å². The second-order valence-electron chi connectivity index (χ2n) is 4.93. The van der Waals surface area contributed by atoms with E-state index in [2.05, 4.69) is 5.32 Å². The summed E-state index contributed by atoms with van der Waals surface area (Å²) in [4.78, 5) is 13.2. The molecule has 0 unspecified atom stereocenters. The molecule has 1 heterocycles. The third kappa shape index (κ3) is 3.41. The van der Waals surface area contributed by atoms with Crippen molar-refractivity contribution in [3.05, 3.63) is 29.3 Å². The average Bonchev–Trinajstić information content (AvgIpc) is 2.41. The minimum atomic E-state index is -4.68. The molecule has 0 radical (unpaired) electrons. The third-order valence-electron chi connectivity index (χ3n) is 3.52. The highest BCUT2D eigenvalue weighted by Gasteiger charge is 2.54. The van der Waals surface area contributed by atoms with Gasteiger partial charge in [-0.25, -0.2) is 4.79 Å². The molecule has 0 bridgehead atoms. The molecule has 1 aliphatic rings. The predicted molar refractivity (Wildman–Crippen MR) is 72.3 cm³/mol. The van der Waals surface area contributed by atoms with Gasteiger partial charge in [0.1, 0.15) is 0 Å². The summed E-state index contributed by atoms with van der Waals surface area (Å²) in [5, 5.41) is 12.4. The quantitative estimate of drug-likeness (QED) is 0.834. The molecule has 8 heteroatoms. The Bertz CT molecular complexity index is 528. The van der Waals surface area contributed by atoms with Crippen LogP contribution >= 0.6 is 11.6 Å². The lowest BCUT2D eigenvalue weighted by molar-refractivity contribution is -0.271. The van der Waals surface area contributed by atoms with Crippen molar-refractivity contribution in [2.24, 2.45) is 0 Å². The topological polar surface area (TPSA) is 52.6 Å². The third-order valence-corrected chi connectivity index (χ3v) is 3.85. The lowest BCUT2D eigenvalue weighted by Gasteiger charge is -2.39. The van der Waals surface area contributed by atoms with Gasteiger partial charge in [0.05, 0.1) is 10.7 Å². The smallest absolute Gasteiger partial charge is 0.380 e. The Labute approximate surface area is 124 Å². The number of nitrogens with one attached hydrogen (secondary N) is 1. The van der Waals surface area contributed by atoms with E-state index in [4.69, 9.17) is 11.6 Å². The monoisotopic (exact) mass is 322 g/mol. The van der Waals surface area contributed by atoms with Crippen LogP contribution in [0.1, 0.15) is 12.8 Å². The molecule has 1 aliphatic heterocycles. The van der Waals surface area contributed by atoms with E-state index in [0.717, 1.165) is 0 Å². The lowest BCUT2D eigenvalue weighted by Crippen LogP contribution is -2.55. The summed E-state index contributed by atoms with van der Waals surface area (Å²) in [7, 11) is 0. The summed E-state index contributed by atoms with van der Waals surface area (Å²) in [6, 6.07) is 6.03. The van der Waals surface area contributed by atoms with Crippen molar-refractivity contribution in [1.29, 1.82) is 0 Å². The van der Waals surface area contributed by atoms with Crippen LogP contribution in [0.25, 0.3) is 0 Å². The molecule has 0 aliphatic carbocycles. The summed E-state index contributed by atoms with van der Waals surface area (Å²) in [5.41, 5.74) is -2.32. The van der Waals surface area contributed by atoms with Crippen LogP contribution in [0.3, 0.4) is 0 Å². The van der Waals surface area contributed by atoms with Crippen LogP contribution in [0.4, 0.5) is 23.7 Å². The zero-order valence-electron chi connectivity index (χ0n) is 11.0. The fourth-order valence-corrected chi connectivity index (χ4v) is 2.30. The second kappa shape index (κ2) is 5.73. The summed E-state index contributed by atoms with van der Waals surface area (Å²) < 4.78 is 38.0. The van der Waals surface area contributed by atoms with E-state index in [0.29, 0.717) is 10.7 Å². The summed E-state index contributed by atoms with van der Waals surface area (Å²) >= 11 is 5.89. The van der Waals surface area contributed by atoms with Crippen LogP contribution < -0.4 is 5.32 Å². The standard InChI is InChI=1S/C13H14ClF3N2O2/c14-9-3-1-2-4-10(9)18-11(20)19-7-5-12(21,6-8-19)13(15,16)17/h1-4,21H,5-8H2,(H,18,20). The number of anilines is 1.